The fourth-order valence-corrected chi connectivity index (χ4v) is 11.7. The molecule has 2 aliphatic heterocycles. The standard InChI is InChI=1S/C69H58BN3O/c1-45-41-49(47-21-12-9-13-22-47)29-39-61(45)72-63-40-38-54(71(52-34-30-50(31-35-52)68(2,3)4)53-36-32-51(33-37-53)69(5,6)7)43-60(63)70-65-58(44-59-57-26-15-17-28-64(57)74-67(59)66(65)72)56-25-14-16-27-62(56)73(70)55-24-18-23-48(42-55)46-19-10-8-11-20-46/h8-44H,1-7H3. The van der Waals surface area contributed by atoms with Crippen LogP contribution in [0.25, 0.3) is 55.3 Å². The van der Waals surface area contributed by atoms with Crippen LogP contribution in [0.15, 0.2) is 229 Å². The average molecular weight is 956 g/mol. The van der Waals surface area contributed by atoms with E-state index >= 15 is 0 Å². The molecule has 358 valence electrons. The van der Waals surface area contributed by atoms with E-state index < -0.39 is 0 Å². The fraction of sp³-hybridized carbons (Fsp3) is 0.130. The van der Waals surface area contributed by atoms with Crippen molar-refractivity contribution >= 4 is 85.2 Å². The Bertz CT molecular complexity index is 3880. The molecule has 10 aromatic carbocycles. The summed E-state index contributed by atoms with van der Waals surface area (Å²) in [5, 5.41) is 2.21. The van der Waals surface area contributed by atoms with E-state index in [-0.39, 0.29) is 17.7 Å². The Kier molecular flexibility index (Phi) is 10.6. The van der Waals surface area contributed by atoms with Crippen LogP contribution in [0.5, 0.6) is 0 Å². The highest BCUT2D eigenvalue weighted by molar-refractivity contribution is 6.94. The largest absolute Gasteiger partial charge is 0.454 e. The molecule has 0 radical (unpaired) electrons. The molecule has 0 saturated carbocycles. The Morgan fingerprint density at radius 1 is 0.432 bits per heavy atom. The van der Waals surface area contributed by atoms with Crippen molar-refractivity contribution < 1.29 is 4.42 Å². The molecule has 4 nitrogen and oxygen atoms in total. The lowest BCUT2D eigenvalue weighted by Crippen LogP contribution is -2.61. The molecule has 0 bridgehead atoms. The van der Waals surface area contributed by atoms with Gasteiger partial charge in [0.1, 0.15) is 5.58 Å². The number of benzene rings is 10. The van der Waals surface area contributed by atoms with Crippen LogP contribution in [0.1, 0.15) is 58.2 Å². The molecule has 13 rings (SSSR count). The molecule has 74 heavy (non-hydrogen) atoms. The van der Waals surface area contributed by atoms with Gasteiger partial charge in [0.2, 0.25) is 0 Å². The van der Waals surface area contributed by atoms with Gasteiger partial charge in [-0.05, 0) is 158 Å². The van der Waals surface area contributed by atoms with Crippen molar-refractivity contribution in [3.05, 3.63) is 241 Å². The molecule has 1 aromatic heterocycles. The van der Waals surface area contributed by atoms with Gasteiger partial charge in [-0.25, -0.2) is 0 Å². The van der Waals surface area contributed by atoms with Crippen molar-refractivity contribution in [3.63, 3.8) is 0 Å². The number of nitrogens with zero attached hydrogens (tertiary/aromatic N) is 3. The minimum Gasteiger partial charge on any atom is -0.454 e. The zero-order valence-corrected chi connectivity index (χ0v) is 43.2. The van der Waals surface area contributed by atoms with Gasteiger partial charge in [-0.1, -0.05) is 181 Å². The number of hydrogen-bond donors (Lipinski definition) is 0. The van der Waals surface area contributed by atoms with Crippen molar-refractivity contribution in [1.29, 1.82) is 0 Å². The molecule has 3 heterocycles. The predicted octanol–water partition coefficient (Wildman–Crippen LogP) is 18.0. The monoisotopic (exact) mass is 955 g/mol. The van der Waals surface area contributed by atoms with Gasteiger partial charge in [-0.3, -0.25) is 0 Å². The minimum absolute atomic E-state index is 0.0132. The molecular weight excluding hydrogens is 898 g/mol. The maximum absolute atomic E-state index is 7.20. The Morgan fingerprint density at radius 2 is 1.00 bits per heavy atom. The molecule has 0 N–H and O–H groups in total. The van der Waals surface area contributed by atoms with Gasteiger partial charge in [0.05, 0.1) is 5.69 Å². The third-order valence-corrected chi connectivity index (χ3v) is 15.5. The highest BCUT2D eigenvalue weighted by atomic mass is 16.3. The summed E-state index contributed by atoms with van der Waals surface area (Å²) in [6, 6.07) is 83.0. The Morgan fingerprint density at radius 3 is 1.65 bits per heavy atom. The van der Waals surface area contributed by atoms with Gasteiger partial charge in [-0.15, -0.1) is 0 Å². The van der Waals surface area contributed by atoms with Gasteiger partial charge >= 0.3 is 6.85 Å². The lowest BCUT2D eigenvalue weighted by atomic mass is 9.43. The van der Waals surface area contributed by atoms with Gasteiger partial charge in [0.25, 0.3) is 0 Å². The number of hydrogen-bond acceptors (Lipinski definition) is 4. The topological polar surface area (TPSA) is 22.9 Å². The van der Waals surface area contributed by atoms with Crippen LogP contribution < -0.4 is 25.5 Å². The first-order chi connectivity index (χ1) is 35.9. The van der Waals surface area contributed by atoms with Crippen LogP contribution in [-0.4, -0.2) is 6.85 Å². The number of para-hydroxylation sites is 2. The minimum atomic E-state index is -0.262. The van der Waals surface area contributed by atoms with Crippen LogP contribution in [0.2, 0.25) is 0 Å². The number of anilines is 8. The Labute approximate surface area is 435 Å². The maximum atomic E-state index is 7.20. The fourth-order valence-electron chi connectivity index (χ4n) is 11.7. The van der Waals surface area contributed by atoms with Gasteiger partial charge < -0.3 is 19.0 Å². The van der Waals surface area contributed by atoms with Crippen molar-refractivity contribution in [2.45, 2.75) is 59.3 Å². The first-order valence-electron chi connectivity index (χ1n) is 26.0. The van der Waals surface area contributed by atoms with Crippen molar-refractivity contribution in [2.24, 2.45) is 0 Å². The van der Waals surface area contributed by atoms with E-state index in [9.17, 15) is 0 Å². The quantitative estimate of drug-likeness (QED) is 0.149. The SMILES string of the molecule is Cc1cc(-c2ccccc2)ccc1N1c2ccc(N(c3ccc(C(C)(C)C)cc3)c3ccc(C(C)(C)C)cc3)cc2B2c3c(cc4c(oc5ccccc54)c31)-c1ccccc1N2c1cccc(-c2ccccc2)c1. The first kappa shape index (κ1) is 45.3. The molecule has 2 aliphatic rings. The van der Waals surface area contributed by atoms with E-state index in [1.807, 2.05) is 0 Å². The molecule has 11 aromatic rings. The average Bonchev–Trinajstić information content (AvgIpc) is 3.80. The summed E-state index contributed by atoms with van der Waals surface area (Å²) in [6.45, 7) is 15.7. The molecule has 0 amide bonds. The van der Waals surface area contributed by atoms with E-state index in [1.165, 1.54) is 61.0 Å². The van der Waals surface area contributed by atoms with Crippen molar-refractivity contribution in [2.75, 3.05) is 14.6 Å². The highest BCUT2D eigenvalue weighted by Crippen LogP contribution is 2.52. The van der Waals surface area contributed by atoms with E-state index in [2.05, 4.69) is 288 Å². The molecule has 0 saturated heterocycles. The summed E-state index contributed by atoms with van der Waals surface area (Å²) >= 11 is 0. The van der Waals surface area contributed by atoms with Crippen LogP contribution in [0, 0.1) is 6.92 Å². The van der Waals surface area contributed by atoms with Crippen LogP contribution >= 0.6 is 0 Å². The van der Waals surface area contributed by atoms with E-state index in [0.717, 1.165) is 67.4 Å². The molecule has 5 heteroatoms. The summed E-state index contributed by atoms with van der Waals surface area (Å²) in [5.41, 5.74) is 23.9. The second kappa shape index (κ2) is 17.3. The summed E-state index contributed by atoms with van der Waals surface area (Å²) in [4.78, 5) is 7.57. The molecule has 0 unspecified atom stereocenters. The normalized spacial score (nSPS) is 13.0. The number of fused-ring (bicyclic) bond motifs is 8. The van der Waals surface area contributed by atoms with Gasteiger partial charge in [0, 0.05) is 56.1 Å². The van der Waals surface area contributed by atoms with E-state index in [0.29, 0.717) is 0 Å². The summed E-state index contributed by atoms with van der Waals surface area (Å²) in [7, 11) is 0. The van der Waals surface area contributed by atoms with Gasteiger partial charge in [-0.2, -0.15) is 0 Å². The van der Waals surface area contributed by atoms with E-state index in [1.54, 1.807) is 0 Å². The van der Waals surface area contributed by atoms with Crippen LogP contribution in [0.4, 0.5) is 45.5 Å². The highest BCUT2D eigenvalue weighted by Gasteiger charge is 2.47. The van der Waals surface area contributed by atoms with E-state index in [4.69, 9.17) is 4.42 Å². The second-order valence-corrected chi connectivity index (χ2v) is 22.2. The Hall–Kier alpha value is -8.54. The zero-order valence-electron chi connectivity index (χ0n) is 43.2. The third kappa shape index (κ3) is 7.52. The van der Waals surface area contributed by atoms with Crippen molar-refractivity contribution in [1.82, 2.24) is 0 Å². The molecule has 0 fully saturated rings. The van der Waals surface area contributed by atoms with Gasteiger partial charge in [0.15, 0.2) is 5.58 Å². The smallest absolute Gasteiger partial charge is 0.333 e. The lowest BCUT2D eigenvalue weighted by molar-refractivity contribution is 0.590. The van der Waals surface area contributed by atoms with Crippen LogP contribution in [0.3, 0.4) is 0 Å². The number of furan rings is 1. The summed E-state index contributed by atoms with van der Waals surface area (Å²) in [6.07, 6.45) is 0. The number of rotatable bonds is 7. The van der Waals surface area contributed by atoms with Crippen molar-refractivity contribution in [3.8, 4) is 33.4 Å². The first-order valence-corrected chi connectivity index (χ1v) is 26.0. The zero-order chi connectivity index (χ0) is 50.5. The summed E-state index contributed by atoms with van der Waals surface area (Å²) in [5.74, 6) is 0. The summed E-state index contributed by atoms with van der Waals surface area (Å²) < 4.78 is 7.20. The third-order valence-electron chi connectivity index (χ3n) is 15.5. The van der Waals surface area contributed by atoms with Crippen LogP contribution in [-0.2, 0) is 10.8 Å². The lowest BCUT2D eigenvalue weighted by Gasteiger charge is -2.46. The molecular formula is C69H58BN3O. The molecule has 0 aliphatic carbocycles. The molecule has 0 atom stereocenters. The Balaban J connectivity index is 1.12. The maximum Gasteiger partial charge on any atom is 0.333 e. The second-order valence-electron chi connectivity index (χ2n) is 22.2. The predicted molar refractivity (Wildman–Crippen MR) is 315 cm³/mol. The molecule has 0 spiro atoms. The number of aryl methyl sites for hydroxylation is 1.